The Balaban J connectivity index is 2.07. The van der Waals surface area contributed by atoms with Gasteiger partial charge in [0.2, 0.25) is 5.91 Å². The molecular formula is C11H12BrClN2O. The summed E-state index contributed by atoms with van der Waals surface area (Å²) in [4.78, 5) is 15.8. The molecule has 86 valence electrons. The summed E-state index contributed by atoms with van der Waals surface area (Å²) in [7, 11) is 0. The van der Waals surface area contributed by atoms with Crippen LogP contribution in [0.15, 0.2) is 16.7 Å². The maximum Gasteiger partial charge on any atom is 0.227 e. The molecule has 1 aromatic rings. The summed E-state index contributed by atoms with van der Waals surface area (Å²) in [6.07, 6.45) is 3.90. The molecule has 0 aromatic carbocycles. The van der Waals surface area contributed by atoms with Crippen LogP contribution in [0.3, 0.4) is 0 Å². The molecule has 2 rings (SSSR count). The van der Waals surface area contributed by atoms with E-state index in [1.807, 2.05) is 6.92 Å². The lowest BCUT2D eigenvalue weighted by molar-refractivity contribution is -0.119. The van der Waals surface area contributed by atoms with E-state index in [2.05, 4.69) is 26.2 Å². The Morgan fingerprint density at radius 3 is 3.00 bits per heavy atom. The van der Waals surface area contributed by atoms with Gasteiger partial charge < -0.3 is 5.32 Å². The largest absolute Gasteiger partial charge is 0.323 e. The summed E-state index contributed by atoms with van der Waals surface area (Å²) in [6.45, 7) is 1.95. The van der Waals surface area contributed by atoms with E-state index in [9.17, 15) is 4.79 Å². The predicted octanol–water partition coefficient (Wildman–Crippen LogP) is 3.48. The quantitative estimate of drug-likeness (QED) is 0.869. The van der Waals surface area contributed by atoms with Crippen molar-refractivity contribution in [2.24, 2.45) is 11.8 Å². The van der Waals surface area contributed by atoms with E-state index in [4.69, 9.17) is 11.6 Å². The van der Waals surface area contributed by atoms with Gasteiger partial charge in [-0.3, -0.25) is 4.79 Å². The standard InChI is InChI=1S/C11H12BrClN2O/c1-6(7-2-3-7)11(16)15-9-4-8(12)5-14-10(9)13/h4-7H,2-3H2,1H3,(H,15,16). The first-order valence-electron chi connectivity index (χ1n) is 5.20. The Hall–Kier alpha value is -0.610. The number of nitrogens with zero attached hydrogens (tertiary/aromatic N) is 1. The third-order valence-electron chi connectivity index (χ3n) is 2.81. The number of aromatic nitrogens is 1. The molecule has 0 bridgehead atoms. The fraction of sp³-hybridized carbons (Fsp3) is 0.455. The second-order valence-corrected chi connectivity index (χ2v) is 5.38. The van der Waals surface area contributed by atoms with Crippen molar-refractivity contribution in [3.63, 3.8) is 0 Å². The van der Waals surface area contributed by atoms with Crippen molar-refractivity contribution in [2.75, 3.05) is 5.32 Å². The lowest BCUT2D eigenvalue weighted by atomic mass is 10.1. The van der Waals surface area contributed by atoms with Crippen LogP contribution in [0.2, 0.25) is 5.15 Å². The minimum atomic E-state index is 0.0179. The van der Waals surface area contributed by atoms with Crippen LogP contribution < -0.4 is 5.32 Å². The first kappa shape index (κ1) is 11.9. The molecule has 1 atom stereocenters. The van der Waals surface area contributed by atoms with Crippen LogP contribution in [-0.4, -0.2) is 10.9 Å². The van der Waals surface area contributed by atoms with Gasteiger partial charge in [-0.2, -0.15) is 0 Å². The van der Waals surface area contributed by atoms with Gasteiger partial charge in [-0.05, 0) is 40.8 Å². The molecule has 1 N–H and O–H groups in total. The first-order chi connectivity index (χ1) is 7.58. The van der Waals surface area contributed by atoms with Crippen LogP contribution in [0.4, 0.5) is 5.69 Å². The maximum atomic E-state index is 11.8. The number of pyridine rings is 1. The van der Waals surface area contributed by atoms with Gasteiger partial charge in [0.15, 0.2) is 5.15 Å². The minimum absolute atomic E-state index is 0.0179. The van der Waals surface area contributed by atoms with Crippen molar-refractivity contribution in [3.05, 3.63) is 21.9 Å². The molecule has 3 nitrogen and oxygen atoms in total. The number of hydrogen-bond donors (Lipinski definition) is 1. The molecule has 0 spiro atoms. The summed E-state index contributed by atoms with van der Waals surface area (Å²) in [5.41, 5.74) is 0.563. The molecule has 1 aliphatic carbocycles. The van der Waals surface area contributed by atoms with Gasteiger partial charge in [-0.25, -0.2) is 4.98 Å². The van der Waals surface area contributed by atoms with E-state index < -0.39 is 0 Å². The second kappa shape index (κ2) is 4.72. The summed E-state index contributed by atoms with van der Waals surface area (Å²) in [5.74, 6) is 0.609. The monoisotopic (exact) mass is 302 g/mol. The van der Waals surface area contributed by atoms with Crippen LogP contribution >= 0.6 is 27.5 Å². The highest BCUT2D eigenvalue weighted by molar-refractivity contribution is 9.10. The fourth-order valence-electron chi connectivity index (χ4n) is 1.57. The predicted molar refractivity (Wildman–Crippen MR) is 67.5 cm³/mol. The number of carbonyl (C=O) groups is 1. The topological polar surface area (TPSA) is 42.0 Å². The average molecular weight is 304 g/mol. The first-order valence-corrected chi connectivity index (χ1v) is 6.37. The molecular weight excluding hydrogens is 291 g/mol. The van der Waals surface area contributed by atoms with E-state index in [0.717, 1.165) is 17.3 Å². The summed E-state index contributed by atoms with van der Waals surface area (Å²) in [6, 6.07) is 1.76. The Morgan fingerprint density at radius 2 is 2.38 bits per heavy atom. The third-order valence-corrected chi connectivity index (χ3v) is 3.54. The molecule has 1 heterocycles. The Labute approximate surface area is 108 Å². The zero-order valence-corrected chi connectivity index (χ0v) is 11.2. The van der Waals surface area contributed by atoms with Gasteiger partial charge in [0, 0.05) is 16.6 Å². The highest BCUT2D eigenvalue weighted by atomic mass is 79.9. The van der Waals surface area contributed by atoms with E-state index in [0.29, 0.717) is 16.8 Å². The van der Waals surface area contributed by atoms with Gasteiger partial charge >= 0.3 is 0 Å². The van der Waals surface area contributed by atoms with E-state index in [1.165, 1.54) is 0 Å². The van der Waals surface area contributed by atoms with Crippen molar-refractivity contribution >= 4 is 39.1 Å². The van der Waals surface area contributed by atoms with Crippen molar-refractivity contribution in [3.8, 4) is 0 Å². The molecule has 0 aliphatic heterocycles. The van der Waals surface area contributed by atoms with Crippen LogP contribution in [0.25, 0.3) is 0 Å². The summed E-state index contributed by atoms with van der Waals surface area (Å²) in [5, 5.41) is 3.13. The fourth-order valence-corrected chi connectivity index (χ4v) is 2.05. The van der Waals surface area contributed by atoms with Crippen LogP contribution in [0, 0.1) is 11.8 Å². The van der Waals surface area contributed by atoms with E-state index in [-0.39, 0.29) is 11.8 Å². The molecule has 1 saturated carbocycles. The molecule has 0 saturated heterocycles. The van der Waals surface area contributed by atoms with Crippen molar-refractivity contribution in [2.45, 2.75) is 19.8 Å². The van der Waals surface area contributed by atoms with Crippen molar-refractivity contribution in [1.29, 1.82) is 0 Å². The van der Waals surface area contributed by atoms with Crippen LogP contribution in [0.1, 0.15) is 19.8 Å². The zero-order valence-electron chi connectivity index (χ0n) is 8.84. The van der Waals surface area contributed by atoms with Crippen LogP contribution in [-0.2, 0) is 4.79 Å². The highest BCUT2D eigenvalue weighted by Gasteiger charge is 2.32. The molecule has 5 heteroatoms. The Bertz CT molecular complexity index is 420. The Morgan fingerprint density at radius 1 is 1.69 bits per heavy atom. The van der Waals surface area contributed by atoms with Gasteiger partial charge in [0.1, 0.15) is 0 Å². The minimum Gasteiger partial charge on any atom is -0.323 e. The zero-order chi connectivity index (χ0) is 11.7. The number of carbonyl (C=O) groups excluding carboxylic acids is 1. The lowest BCUT2D eigenvalue weighted by Gasteiger charge is -2.11. The summed E-state index contributed by atoms with van der Waals surface area (Å²) >= 11 is 9.19. The SMILES string of the molecule is CC(C(=O)Nc1cc(Br)cnc1Cl)C1CC1. The average Bonchev–Trinajstić information content (AvgIpc) is 3.06. The molecule has 0 radical (unpaired) electrons. The third kappa shape index (κ3) is 2.74. The van der Waals surface area contributed by atoms with Gasteiger partial charge in [-0.1, -0.05) is 18.5 Å². The molecule has 1 amide bonds. The van der Waals surface area contributed by atoms with Gasteiger partial charge in [-0.15, -0.1) is 0 Å². The molecule has 1 aromatic heterocycles. The number of halogens is 2. The number of amides is 1. The number of nitrogens with one attached hydrogen (secondary N) is 1. The number of rotatable bonds is 3. The lowest BCUT2D eigenvalue weighted by Crippen LogP contribution is -2.22. The van der Waals surface area contributed by atoms with Gasteiger partial charge in [0.25, 0.3) is 0 Å². The van der Waals surface area contributed by atoms with Gasteiger partial charge in [0.05, 0.1) is 5.69 Å². The van der Waals surface area contributed by atoms with Crippen LogP contribution in [0.5, 0.6) is 0 Å². The maximum absolute atomic E-state index is 11.8. The molecule has 1 unspecified atom stereocenters. The summed E-state index contributed by atoms with van der Waals surface area (Å²) < 4.78 is 0.797. The number of hydrogen-bond acceptors (Lipinski definition) is 2. The van der Waals surface area contributed by atoms with E-state index in [1.54, 1.807) is 12.3 Å². The van der Waals surface area contributed by atoms with Crippen molar-refractivity contribution < 1.29 is 4.79 Å². The Kier molecular flexibility index (Phi) is 3.50. The van der Waals surface area contributed by atoms with E-state index >= 15 is 0 Å². The molecule has 16 heavy (non-hydrogen) atoms. The second-order valence-electron chi connectivity index (χ2n) is 4.11. The molecule has 1 fully saturated rings. The highest BCUT2D eigenvalue weighted by Crippen LogP contribution is 2.37. The smallest absolute Gasteiger partial charge is 0.227 e. The normalized spacial score (nSPS) is 16.9. The number of anilines is 1. The molecule has 1 aliphatic rings. The van der Waals surface area contributed by atoms with Crippen molar-refractivity contribution in [1.82, 2.24) is 4.98 Å².